The molecule has 1 atom stereocenters. The van der Waals surface area contributed by atoms with Crippen molar-refractivity contribution < 1.29 is 14.4 Å². The molecule has 2 aromatic carbocycles. The van der Waals surface area contributed by atoms with Crippen molar-refractivity contribution in [3.05, 3.63) is 65.9 Å². The fraction of sp³-hybridized carbons (Fsp3) is 0.528. The van der Waals surface area contributed by atoms with Crippen molar-refractivity contribution in [1.82, 2.24) is 29.9 Å². The minimum absolute atomic E-state index is 0.00188. The molecule has 3 fully saturated rings. The number of hydrogen-bond donors (Lipinski definition) is 3. The van der Waals surface area contributed by atoms with Gasteiger partial charge in [0.2, 0.25) is 11.8 Å². The summed E-state index contributed by atoms with van der Waals surface area (Å²) in [5.74, 6) is 0.0359. The van der Waals surface area contributed by atoms with Gasteiger partial charge in [0.15, 0.2) is 0 Å². The minimum atomic E-state index is -0.581. The molecule has 4 amide bonds. The molecule has 0 aliphatic carbocycles. The Morgan fingerprint density at radius 3 is 2.39 bits per heavy atom. The predicted octanol–water partition coefficient (Wildman–Crippen LogP) is 4.53. The number of carbonyl (C=O) groups excluding carboxylic acids is 3. The van der Waals surface area contributed by atoms with Crippen LogP contribution in [0.1, 0.15) is 62.5 Å². The first-order valence-electron chi connectivity index (χ1n) is 17.3. The number of anilines is 1. The second-order valence-corrected chi connectivity index (χ2v) is 13.5. The van der Waals surface area contributed by atoms with Gasteiger partial charge in [-0.2, -0.15) is 0 Å². The number of amides is 4. The van der Waals surface area contributed by atoms with Gasteiger partial charge in [-0.1, -0.05) is 30.7 Å². The summed E-state index contributed by atoms with van der Waals surface area (Å²) in [4.78, 5) is 52.3. The van der Waals surface area contributed by atoms with Crippen LogP contribution in [-0.2, 0) is 22.7 Å². The van der Waals surface area contributed by atoms with Crippen molar-refractivity contribution in [2.24, 2.45) is 0 Å². The van der Waals surface area contributed by atoms with E-state index in [1.807, 2.05) is 45.2 Å². The number of nitrogens with one attached hydrogen (secondary N) is 3. The van der Waals surface area contributed by atoms with Crippen LogP contribution in [-0.4, -0.2) is 99.8 Å². The largest absolute Gasteiger partial charge is 0.361 e. The van der Waals surface area contributed by atoms with Gasteiger partial charge in [0.1, 0.15) is 0 Å². The number of aromatic amines is 1. The van der Waals surface area contributed by atoms with Gasteiger partial charge in [0.05, 0.1) is 12.5 Å². The Balaban J connectivity index is 0.976. The van der Waals surface area contributed by atoms with E-state index in [9.17, 15) is 14.4 Å². The zero-order chi connectivity index (χ0) is 31.5. The van der Waals surface area contributed by atoms with Crippen molar-refractivity contribution in [1.29, 1.82) is 0 Å². The molecule has 3 aromatic rings. The summed E-state index contributed by atoms with van der Waals surface area (Å²) < 4.78 is 0. The van der Waals surface area contributed by atoms with Gasteiger partial charge in [-0.05, 0) is 92.4 Å². The first kappa shape index (κ1) is 30.7. The highest BCUT2D eigenvalue weighted by Crippen LogP contribution is 2.28. The Hall–Kier alpha value is -3.89. The predicted molar refractivity (Wildman–Crippen MR) is 179 cm³/mol. The fourth-order valence-electron chi connectivity index (χ4n) is 7.90. The highest BCUT2D eigenvalue weighted by Gasteiger charge is 2.35. The van der Waals surface area contributed by atoms with Crippen LogP contribution in [0.15, 0.2) is 54.7 Å². The number of urea groups is 1. The summed E-state index contributed by atoms with van der Waals surface area (Å²) in [5, 5.41) is 7.64. The number of para-hydroxylation sites is 1. The summed E-state index contributed by atoms with van der Waals surface area (Å²) in [7, 11) is 0. The van der Waals surface area contributed by atoms with Gasteiger partial charge < -0.3 is 35.2 Å². The molecule has 0 bridgehead atoms. The lowest BCUT2D eigenvalue weighted by molar-refractivity contribution is -0.141. The van der Waals surface area contributed by atoms with Crippen LogP contribution in [0.4, 0.5) is 10.5 Å². The van der Waals surface area contributed by atoms with Crippen LogP contribution < -0.4 is 10.6 Å². The van der Waals surface area contributed by atoms with Gasteiger partial charge in [-0.25, -0.2) is 4.79 Å². The monoisotopic (exact) mass is 625 g/mol. The third kappa shape index (κ3) is 6.78. The van der Waals surface area contributed by atoms with E-state index in [0.717, 1.165) is 66.5 Å². The van der Waals surface area contributed by atoms with E-state index >= 15 is 0 Å². The van der Waals surface area contributed by atoms with Crippen LogP contribution in [0.5, 0.6) is 0 Å². The number of rotatable bonds is 8. The molecule has 4 aliphatic heterocycles. The van der Waals surface area contributed by atoms with E-state index in [2.05, 4.69) is 44.8 Å². The van der Waals surface area contributed by atoms with Gasteiger partial charge in [-0.3, -0.25) is 9.59 Å². The lowest BCUT2D eigenvalue weighted by Gasteiger charge is -2.41. The summed E-state index contributed by atoms with van der Waals surface area (Å²) in [5.41, 5.74) is 4.16. The van der Waals surface area contributed by atoms with Gasteiger partial charge in [0, 0.05) is 68.8 Å². The Kier molecular flexibility index (Phi) is 9.26. The second-order valence-electron chi connectivity index (χ2n) is 13.5. The third-order valence-corrected chi connectivity index (χ3v) is 10.6. The van der Waals surface area contributed by atoms with Crippen molar-refractivity contribution >= 4 is 34.4 Å². The number of carbonyl (C=O) groups is 3. The van der Waals surface area contributed by atoms with Crippen molar-refractivity contribution in [3.8, 4) is 0 Å². The highest BCUT2D eigenvalue weighted by atomic mass is 16.2. The number of fused-ring (bicyclic) bond motifs is 2. The minimum Gasteiger partial charge on any atom is -0.361 e. The molecule has 0 radical (unpaired) electrons. The van der Waals surface area contributed by atoms with Crippen molar-refractivity contribution in [2.75, 3.05) is 44.6 Å². The van der Waals surface area contributed by atoms with Gasteiger partial charge in [0.25, 0.3) is 0 Å². The lowest BCUT2D eigenvalue weighted by atomic mass is 9.98. The van der Waals surface area contributed by atoms with Crippen molar-refractivity contribution in [3.63, 3.8) is 0 Å². The summed E-state index contributed by atoms with van der Waals surface area (Å²) in [6, 6.07) is 16.2. The SMILES string of the molecule is O=C(C[C@H](NCc1ccc2[nH]ccc2c1)C(=O)N1CCC(N2CCCCC2)CC1)N1CCC(N2Cc3ccccc3NC2=O)CC1. The van der Waals surface area contributed by atoms with E-state index < -0.39 is 6.04 Å². The van der Waals surface area contributed by atoms with Crippen LogP contribution in [0.25, 0.3) is 10.9 Å². The molecule has 0 saturated carbocycles. The zero-order valence-corrected chi connectivity index (χ0v) is 26.8. The quantitative estimate of drug-likeness (QED) is 0.341. The van der Waals surface area contributed by atoms with Crippen LogP contribution in [0, 0.1) is 0 Å². The van der Waals surface area contributed by atoms with E-state index in [1.54, 1.807) is 0 Å². The first-order chi connectivity index (χ1) is 22.5. The molecule has 5 heterocycles. The molecule has 46 heavy (non-hydrogen) atoms. The number of H-pyrrole nitrogens is 1. The number of piperidine rings is 3. The van der Waals surface area contributed by atoms with Crippen LogP contribution in [0.3, 0.4) is 0 Å². The molecule has 3 saturated heterocycles. The molecule has 7 rings (SSSR count). The highest BCUT2D eigenvalue weighted by molar-refractivity contribution is 5.92. The molecule has 1 aromatic heterocycles. The maximum absolute atomic E-state index is 14.0. The summed E-state index contributed by atoms with van der Waals surface area (Å²) in [6.07, 6.45) is 9.40. The normalized spacial score (nSPS) is 20.9. The number of hydrogen-bond acceptors (Lipinski definition) is 5. The molecule has 244 valence electrons. The van der Waals surface area contributed by atoms with Crippen LogP contribution in [0.2, 0.25) is 0 Å². The van der Waals surface area contributed by atoms with Gasteiger partial charge in [-0.15, -0.1) is 0 Å². The second kappa shape index (κ2) is 13.8. The molecule has 4 aliphatic rings. The molecule has 10 nitrogen and oxygen atoms in total. The summed E-state index contributed by atoms with van der Waals surface area (Å²) in [6.45, 7) is 6.11. The Morgan fingerprint density at radius 2 is 1.59 bits per heavy atom. The van der Waals surface area contributed by atoms with Crippen LogP contribution >= 0.6 is 0 Å². The molecule has 3 N–H and O–H groups in total. The third-order valence-electron chi connectivity index (χ3n) is 10.6. The average Bonchev–Trinajstić information content (AvgIpc) is 3.58. The van der Waals surface area contributed by atoms with E-state index in [4.69, 9.17) is 0 Å². The number of likely N-dealkylation sites (tertiary alicyclic amines) is 3. The average molecular weight is 626 g/mol. The molecule has 0 unspecified atom stereocenters. The van der Waals surface area contributed by atoms with E-state index in [0.29, 0.717) is 32.2 Å². The molecule has 10 heteroatoms. The fourth-order valence-corrected chi connectivity index (χ4v) is 7.90. The zero-order valence-electron chi connectivity index (χ0n) is 26.8. The number of benzene rings is 2. The lowest BCUT2D eigenvalue weighted by Crippen LogP contribution is -2.54. The Labute approximate surface area is 271 Å². The van der Waals surface area contributed by atoms with E-state index in [1.165, 1.54) is 32.4 Å². The first-order valence-corrected chi connectivity index (χ1v) is 17.3. The smallest absolute Gasteiger partial charge is 0.322 e. The summed E-state index contributed by atoms with van der Waals surface area (Å²) >= 11 is 0. The van der Waals surface area contributed by atoms with Crippen molar-refractivity contribution in [2.45, 2.75) is 82.6 Å². The maximum Gasteiger partial charge on any atom is 0.322 e. The Bertz CT molecular complexity index is 1530. The maximum atomic E-state index is 14.0. The standard InChI is InChI=1S/C36H47N7O3/c44-34(41-18-13-30(14-19-41)43-25-28-6-2-3-7-32(28)39-36(43)46)23-33(38-24-26-8-9-31-27(22-26)10-15-37-31)35(45)42-20-11-29(12-21-42)40-16-4-1-5-17-40/h2-3,6-10,15,22,29-30,33,37-38H,1,4-5,11-14,16-21,23-25H2,(H,39,46)/t33-/m0/s1. The number of nitrogens with zero attached hydrogens (tertiary/aromatic N) is 4. The molecular formula is C36H47N7O3. The number of aromatic nitrogens is 1. The topological polar surface area (TPSA) is 104 Å². The Morgan fingerprint density at radius 1 is 0.848 bits per heavy atom. The molecular weight excluding hydrogens is 578 g/mol. The van der Waals surface area contributed by atoms with E-state index in [-0.39, 0.29) is 30.3 Å². The molecule has 0 spiro atoms. The van der Waals surface area contributed by atoms with Gasteiger partial charge >= 0.3 is 6.03 Å².